The molecular weight excluding hydrogens is 496 g/mol. The Morgan fingerprint density at radius 3 is 2.76 bits per heavy atom. The summed E-state index contributed by atoms with van der Waals surface area (Å²) in [5.41, 5.74) is 5.34. The summed E-state index contributed by atoms with van der Waals surface area (Å²) in [6.45, 7) is 0.668. The summed E-state index contributed by atoms with van der Waals surface area (Å²) >= 11 is 3.56. The molecular formula is C27H21BrN2O4. The lowest BCUT2D eigenvalue weighted by atomic mass is 10.1. The lowest BCUT2D eigenvalue weighted by Gasteiger charge is -2.11. The van der Waals surface area contributed by atoms with Gasteiger partial charge >= 0.3 is 0 Å². The molecule has 1 aliphatic rings. The average Bonchev–Trinajstić information content (AvgIpc) is 3.31. The van der Waals surface area contributed by atoms with Crippen LogP contribution >= 0.6 is 15.9 Å². The van der Waals surface area contributed by atoms with Gasteiger partial charge in [-0.25, -0.2) is 5.43 Å². The minimum absolute atomic E-state index is 0.193. The van der Waals surface area contributed by atoms with Gasteiger partial charge in [0.2, 0.25) is 12.7 Å². The normalized spacial score (nSPS) is 12.3. The molecule has 34 heavy (non-hydrogen) atoms. The molecule has 1 N–H and O–H groups in total. The Kier molecular flexibility index (Phi) is 6.44. The Morgan fingerprint density at radius 2 is 1.85 bits per heavy atom. The molecule has 0 aromatic heterocycles. The second kappa shape index (κ2) is 9.97. The molecule has 4 aromatic rings. The third-order valence-corrected chi connectivity index (χ3v) is 6.04. The smallest absolute Gasteiger partial charge is 0.244 e. The van der Waals surface area contributed by atoms with Crippen molar-refractivity contribution in [2.24, 2.45) is 5.10 Å². The third kappa shape index (κ3) is 5.05. The first-order chi connectivity index (χ1) is 16.7. The van der Waals surface area contributed by atoms with Gasteiger partial charge in [-0.2, -0.15) is 5.10 Å². The Labute approximate surface area is 205 Å². The van der Waals surface area contributed by atoms with E-state index in [0.717, 1.165) is 26.9 Å². The molecule has 7 heteroatoms. The fourth-order valence-corrected chi connectivity index (χ4v) is 4.25. The standard InChI is InChI=1S/C27H21BrN2O4/c28-23-12-19(15-29-30-27(31)14-18-8-11-25-26(13-18)34-17-33-25)9-10-24(23)32-16-21-6-3-5-20-4-1-2-7-22(20)21/h1-13,15H,14,16-17H2,(H,30,31)/b29-15-. The van der Waals surface area contributed by atoms with Gasteiger partial charge in [0.25, 0.3) is 0 Å². The summed E-state index contributed by atoms with van der Waals surface area (Å²) in [7, 11) is 0. The summed E-state index contributed by atoms with van der Waals surface area (Å²) in [4.78, 5) is 12.2. The number of hydrogen-bond donors (Lipinski definition) is 1. The van der Waals surface area contributed by atoms with Gasteiger partial charge in [-0.15, -0.1) is 0 Å². The molecule has 6 nitrogen and oxygen atoms in total. The second-order valence-corrected chi connectivity index (χ2v) is 8.63. The largest absolute Gasteiger partial charge is 0.488 e. The molecule has 1 amide bonds. The molecule has 0 radical (unpaired) electrons. The molecule has 1 aliphatic heterocycles. The van der Waals surface area contributed by atoms with Crippen LogP contribution < -0.4 is 19.6 Å². The quantitative estimate of drug-likeness (QED) is 0.256. The molecule has 0 atom stereocenters. The van der Waals surface area contributed by atoms with Crippen molar-refractivity contribution >= 4 is 38.8 Å². The highest BCUT2D eigenvalue weighted by Crippen LogP contribution is 2.32. The van der Waals surface area contributed by atoms with E-state index < -0.39 is 0 Å². The number of rotatable bonds is 7. The molecule has 0 unspecified atom stereocenters. The van der Waals surface area contributed by atoms with Crippen LogP contribution in [0.25, 0.3) is 10.8 Å². The first-order valence-corrected chi connectivity index (χ1v) is 11.5. The van der Waals surface area contributed by atoms with Gasteiger partial charge in [0, 0.05) is 0 Å². The Bertz CT molecular complexity index is 1380. The van der Waals surface area contributed by atoms with Crippen molar-refractivity contribution < 1.29 is 19.0 Å². The first kappa shape index (κ1) is 22.0. The first-order valence-electron chi connectivity index (χ1n) is 10.8. The Morgan fingerprint density at radius 1 is 1.00 bits per heavy atom. The number of benzene rings is 4. The molecule has 1 heterocycles. The van der Waals surface area contributed by atoms with Crippen molar-refractivity contribution in [2.45, 2.75) is 13.0 Å². The van der Waals surface area contributed by atoms with E-state index in [0.29, 0.717) is 18.1 Å². The molecule has 5 rings (SSSR count). The van der Waals surface area contributed by atoms with Crippen LogP contribution in [0.2, 0.25) is 0 Å². The minimum Gasteiger partial charge on any atom is -0.488 e. The van der Waals surface area contributed by atoms with Crippen molar-refractivity contribution in [3.8, 4) is 17.2 Å². The average molecular weight is 517 g/mol. The molecule has 0 fully saturated rings. The number of fused-ring (bicyclic) bond motifs is 2. The van der Waals surface area contributed by atoms with Crippen LogP contribution in [-0.4, -0.2) is 18.9 Å². The van der Waals surface area contributed by atoms with Gasteiger partial charge in [-0.05, 0) is 73.7 Å². The SMILES string of the molecule is O=C(Cc1ccc2c(c1)OCO2)N/N=C\c1ccc(OCc2cccc3ccccc23)c(Br)c1. The van der Waals surface area contributed by atoms with Gasteiger partial charge < -0.3 is 14.2 Å². The zero-order valence-corrected chi connectivity index (χ0v) is 19.7. The summed E-state index contributed by atoms with van der Waals surface area (Å²) in [5, 5.41) is 6.44. The highest BCUT2D eigenvalue weighted by atomic mass is 79.9. The number of carbonyl (C=O) groups excluding carboxylic acids is 1. The van der Waals surface area contributed by atoms with E-state index in [1.54, 1.807) is 18.3 Å². The van der Waals surface area contributed by atoms with Crippen LogP contribution in [-0.2, 0) is 17.8 Å². The molecule has 170 valence electrons. The van der Waals surface area contributed by atoms with Crippen LogP contribution in [0.1, 0.15) is 16.7 Å². The maximum Gasteiger partial charge on any atom is 0.244 e. The summed E-state index contributed by atoms with van der Waals surface area (Å²) in [6, 6.07) is 25.6. The highest BCUT2D eigenvalue weighted by molar-refractivity contribution is 9.10. The van der Waals surface area contributed by atoms with Crippen LogP contribution in [0.4, 0.5) is 0 Å². The third-order valence-electron chi connectivity index (χ3n) is 5.42. The summed E-state index contributed by atoms with van der Waals surface area (Å²) < 4.78 is 17.5. The predicted molar refractivity (Wildman–Crippen MR) is 134 cm³/mol. The van der Waals surface area contributed by atoms with Crippen molar-refractivity contribution in [3.63, 3.8) is 0 Å². The van der Waals surface area contributed by atoms with E-state index in [1.165, 1.54) is 10.8 Å². The van der Waals surface area contributed by atoms with Gasteiger partial charge in [-0.3, -0.25) is 4.79 Å². The van der Waals surface area contributed by atoms with Gasteiger partial charge in [-0.1, -0.05) is 48.5 Å². The van der Waals surface area contributed by atoms with E-state index in [2.05, 4.69) is 50.7 Å². The summed E-state index contributed by atoms with van der Waals surface area (Å²) in [5.74, 6) is 1.86. The number of ether oxygens (including phenoxy) is 3. The number of nitrogens with zero attached hydrogens (tertiary/aromatic N) is 1. The molecule has 0 saturated heterocycles. The van der Waals surface area contributed by atoms with Gasteiger partial charge in [0.1, 0.15) is 12.4 Å². The van der Waals surface area contributed by atoms with Crippen molar-refractivity contribution in [2.75, 3.05) is 6.79 Å². The Balaban J connectivity index is 1.17. The monoisotopic (exact) mass is 516 g/mol. The maximum atomic E-state index is 12.2. The van der Waals surface area contributed by atoms with Crippen LogP contribution in [0.15, 0.2) is 88.4 Å². The van der Waals surface area contributed by atoms with Crippen LogP contribution in [0, 0.1) is 0 Å². The van der Waals surface area contributed by atoms with E-state index in [1.807, 2.05) is 42.5 Å². The minimum atomic E-state index is -0.218. The molecule has 4 aromatic carbocycles. The number of halogens is 1. The number of amides is 1. The van der Waals surface area contributed by atoms with E-state index in [-0.39, 0.29) is 19.1 Å². The lowest BCUT2D eigenvalue weighted by molar-refractivity contribution is -0.120. The van der Waals surface area contributed by atoms with E-state index in [9.17, 15) is 4.79 Å². The molecule has 0 bridgehead atoms. The second-order valence-electron chi connectivity index (χ2n) is 7.77. The predicted octanol–water partition coefficient (Wildman–Crippen LogP) is 5.60. The van der Waals surface area contributed by atoms with Crippen LogP contribution in [0.5, 0.6) is 17.2 Å². The fourth-order valence-electron chi connectivity index (χ4n) is 3.74. The Hall–Kier alpha value is -3.84. The van der Waals surface area contributed by atoms with Crippen molar-refractivity contribution in [1.29, 1.82) is 0 Å². The van der Waals surface area contributed by atoms with Crippen molar-refractivity contribution in [1.82, 2.24) is 5.43 Å². The van der Waals surface area contributed by atoms with Gasteiger partial charge in [0.05, 0.1) is 17.1 Å². The van der Waals surface area contributed by atoms with E-state index >= 15 is 0 Å². The zero-order chi connectivity index (χ0) is 23.3. The van der Waals surface area contributed by atoms with E-state index in [4.69, 9.17) is 14.2 Å². The fraction of sp³-hybridized carbons (Fsp3) is 0.111. The number of carbonyl (C=O) groups is 1. The number of nitrogens with one attached hydrogen (secondary N) is 1. The number of hydrogen-bond acceptors (Lipinski definition) is 5. The zero-order valence-electron chi connectivity index (χ0n) is 18.2. The van der Waals surface area contributed by atoms with Crippen molar-refractivity contribution in [3.05, 3.63) is 100 Å². The number of hydrazone groups is 1. The lowest BCUT2D eigenvalue weighted by Crippen LogP contribution is -2.19. The molecule has 0 aliphatic carbocycles. The topological polar surface area (TPSA) is 69.2 Å². The van der Waals surface area contributed by atoms with Gasteiger partial charge in [0.15, 0.2) is 11.5 Å². The molecule has 0 spiro atoms. The summed E-state index contributed by atoms with van der Waals surface area (Å²) in [6.07, 6.45) is 1.79. The highest BCUT2D eigenvalue weighted by Gasteiger charge is 2.14. The van der Waals surface area contributed by atoms with Crippen LogP contribution in [0.3, 0.4) is 0 Å². The maximum absolute atomic E-state index is 12.2. The molecule has 0 saturated carbocycles.